The number of hydrogen-bond acceptors (Lipinski definition) is 5. The molecule has 6 heteroatoms. The Labute approximate surface area is 132 Å². The normalized spacial score (nSPS) is 11.7. The van der Waals surface area contributed by atoms with Crippen LogP contribution in [0.4, 0.5) is 5.69 Å². The van der Waals surface area contributed by atoms with Gasteiger partial charge in [0.05, 0.1) is 17.5 Å². The molecule has 4 nitrogen and oxygen atoms in total. The molecule has 0 amide bonds. The summed E-state index contributed by atoms with van der Waals surface area (Å²) in [5.41, 5.74) is 1.47. The average Bonchev–Trinajstić information content (AvgIpc) is 2.54. The molecule has 1 unspecified atom stereocenters. The van der Waals surface area contributed by atoms with E-state index in [4.69, 9.17) is 16.9 Å². The van der Waals surface area contributed by atoms with E-state index in [-0.39, 0.29) is 5.88 Å². The summed E-state index contributed by atoms with van der Waals surface area (Å²) in [7, 11) is 0. The van der Waals surface area contributed by atoms with Gasteiger partial charge in [0.1, 0.15) is 11.1 Å². The average molecular weight is 320 g/mol. The van der Waals surface area contributed by atoms with E-state index < -0.39 is 6.10 Å². The van der Waals surface area contributed by atoms with Crippen molar-refractivity contribution in [3.8, 4) is 6.07 Å². The number of nitrogens with zero attached hydrogens (tertiary/aromatic N) is 2. The minimum atomic E-state index is -0.563. The zero-order valence-corrected chi connectivity index (χ0v) is 12.7. The van der Waals surface area contributed by atoms with E-state index in [1.807, 2.05) is 24.3 Å². The first-order chi connectivity index (χ1) is 10.2. The first kappa shape index (κ1) is 15.6. The second-order valence-electron chi connectivity index (χ2n) is 4.28. The molecule has 0 saturated heterocycles. The minimum absolute atomic E-state index is 0.206. The summed E-state index contributed by atoms with van der Waals surface area (Å²) in [6.45, 7) is 0.412. The minimum Gasteiger partial charge on any atom is -0.390 e. The van der Waals surface area contributed by atoms with Gasteiger partial charge in [-0.1, -0.05) is 11.8 Å². The van der Waals surface area contributed by atoms with Gasteiger partial charge in [0.15, 0.2) is 0 Å². The van der Waals surface area contributed by atoms with Crippen LogP contribution in [0.1, 0.15) is 5.56 Å². The van der Waals surface area contributed by atoms with Gasteiger partial charge in [-0.05, 0) is 36.4 Å². The molecule has 0 fully saturated rings. The molecule has 108 valence electrons. The van der Waals surface area contributed by atoms with Gasteiger partial charge in [-0.25, -0.2) is 4.98 Å². The van der Waals surface area contributed by atoms with Crippen molar-refractivity contribution >= 4 is 29.1 Å². The van der Waals surface area contributed by atoms with Crippen molar-refractivity contribution in [1.29, 1.82) is 5.26 Å². The molecule has 0 aliphatic carbocycles. The Morgan fingerprint density at radius 2 is 2.10 bits per heavy atom. The van der Waals surface area contributed by atoms with Crippen LogP contribution in [-0.4, -0.2) is 28.6 Å². The fourth-order valence-corrected chi connectivity index (χ4v) is 2.54. The van der Waals surface area contributed by atoms with E-state index in [1.54, 1.807) is 18.3 Å². The van der Waals surface area contributed by atoms with Gasteiger partial charge in [-0.15, -0.1) is 11.6 Å². The highest BCUT2D eigenvalue weighted by molar-refractivity contribution is 7.99. The lowest BCUT2D eigenvalue weighted by Gasteiger charge is -2.10. The fraction of sp³-hybridized carbons (Fsp3) is 0.200. The van der Waals surface area contributed by atoms with Crippen molar-refractivity contribution in [1.82, 2.24) is 4.98 Å². The highest BCUT2D eigenvalue weighted by atomic mass is 35.5. The van der Waals surface area contributed by atoms with Gasteiger partial charge >= 0.3 is 0 Å². The van der Waals surface area contributed by atoms with E-state index in [9.17, 15) is 5.11 Å². The van der Waals surface area contributed by atoms with Crippen molar-refractivity contribution in [2.45, 2.75) is 16.0 Å². The lowest BCUT2D eigenvalue weighted by atomic mass is 10.3. The lowest BCUT2D eigenvalue weighted by molar-refractivity contribution is 0.211. The van der Waals surface area contributed by atoms with Gasteiger partial charge in [-0.3, -0.25) is 0 Å². The highest BCUT2D eigenvalue weighted by Crippen LogP contribution is 2.29. The molecule has 21 heavy (non-hydrogen) atoms. The zero-order valence-electron chi connectivity index (χ0n) is 11.2. The molecule has 1 aromatic carbocycles. The molecule has 0 bridgehead atoms. The van der Waals surface area contributed by atoms with Crippen LogP contribution in [0.15, 0.2) is 52.5 Å². The Balaban J connectivity index is 2.01. The quantitative estimate of drug-likeness (QED) is 0.801. The zero-order chi connectivity index (χ0) is 15.1. The number of aliphatic hydroxyl groups is 1. The Bertz CT molecular complexity index is 628. The molecule has 1 heterocycles. The second kappa shape index (κ2) is 7.89. The van der Waals surface area contributed by atoms with Crippen molar-refractivity contribution in [3.63, 3.8) is 0 Å². The van der Waals surface area contributed by atoms with E-state index in [1.165, 1.54) is 11.8 Å². The van der Waals surface area contributed by atoms with Crippen LogP contribution >= 0.6 is 23.4 Å². The first-order valence-corrected chi connectivity index (χ1v) is 7.69. The number of halogens is 1. The molecule has 2 N–H and O–H groups in total. The summed E-state index contributed by atoms with van der Waals surface area (Å²) in [6.07, 6.45) is 1.11. The fourth-order valence-electron chi connectivity index (χ4n) is 1.60. The molecular formula is C15H14ClN3OS. The Kier molecular flexibility index (Phi) is 5.88. The number of rotatable bonds is 6. The molecule has 0 spiro atoms. The van der Waals surface area contributed by atoms with Gasteiger partial charge in [0, 0.05) is 23.3 Å². The van der Waals surface area contributed by atoms with E-state index in [0.717, 1.165) is 10.6 Å². The summed E-state index contributed by atoms with van der Waals surface area (Å²) in [6, 6.07) is 13.3. The molecule has 0 radical (unpaired) electrons. The number of aliphatic hydroxyl groups excluding tert-OH is 1. The predicted molar refractivity (Wildman–Crippen MR) is 84.7 cm³/mol. The number of alkyl halides is 1. The summed E-state index contributed by atoms with van der Waals surface area (Å²) >= 11 is 6.98. The number of hydrogen-bond donors (Lipinski definition) is 2. The van der Waals surface area contributed by atoms with E-state index >= 15 is 0 Å². The maximum absolute atomic E-state index is 9.39. The number of benzene rings is 1. The summed E-state index contributed by atoms with van der Waals surface area (Å²) in [5, 5.41) is 22.2. The molecule has 2 aromatic rings. The third kappa shape index (κ3) is 4.64. The Morgan fingerprint density at radius 3 is 2.76 bits per heavy atom. The second-order valence-corrected chi connectivity index (χ2v) is 5.65. The van der Waals surface area contributed by atoms with Crippen LogP contribution < -0.4 is 5.32 Å². The predicted octanol–water partition coefficient (Wildman–Crippen LogP) is 3.12. The van der Waals surface area contributed by atoms with Crippen molar-refractivity contribution in [2.24, 2.45) is 0 Å². The van der Waals surface area contributed by atoms with Crippen LogP contribution in [0.3, 0.4) is 0 Å². The largest absolute Gasteiger partial charge is 0.390 e. The number of aromatic nitrogens is 1. The smallest absolute Gasteiger partial charge is 0.119 e. The Morgan fingerprint density at radius 1 is 1.33 bits per heavy atom. The highest BCUT2D eigenvalue weighted by Gasteiger charge is 2.05. The van der Waals surface area contributed by atoms with Crippen molar-refractivity contribution in [2.75, 3.05) is 17.7 Å². The number of pyridine rings is 1. The molecule has 1 aromatic heterocycles. The number of anilines is 1. The van der Waals surface area contributed by atoms with Gasteiger partial charge in [0.25, 0.3) is 0 Å². The van der Waals surface area contributed by atoms with E-state index in [2.05, 4.69) is 16.4 Å². The monoisotopic (exact) mass is 319 g/mol. The summed E-state index contributed by atoms with van der Waals surface area (Å²) in [4.78, 5) is 5.21. The Hall–Kier alpha value is -1.74. The topological polar surface area (TPSA) is 68.9 Å². The van der Waals surface area contributed by atoms with E-state index in [0.29, 0.717) is 17.1 Å². The van der Waals surface area contributed by atoms with Crippen LogP contribution in [0.25, 0.3) is 0 Å². The maximum Gasteiger partial charge on any atom is 0.119 e. The molecule has 0 aliphatic heterocycles. The molecule has 0 saturated carbocycles. The maximum atomic E-state index is 9.39. The molecule has 1 atom stereocenters. The first-order valence-electron chi connectivity index (χ1n) is 6.34. The summed E-state index contributed by atoms with van der Waals surface area (Å²) in [5.74, 6) is 0.206. The number of nitriles is 1. The van der Waals surface area contributed by atoms with Gasteiger partial charge in [0.2, 0.25) is 0 Å². The lowest BCUT2D eigenvalue weighted by Crippen LogP contribution is -2.20. The van der Waals surface area contributed by atoms with Gasteiger partial charge < -0.3 is 10.4 Å². The SMILES string of the molecule is N#Cc1cccnc1Sc1ccc(NCC(O)CCl)cc1. The van der Waals surface area contributed by atoms with Crippen LogP contribution in [0, 0.1) is 11.3 Å². The molecule has 2 rings (SSSR count). The summed E-state index contributed by atoms with van der Waals surface area (Å²) < 4.78 is 0. The van der Waals surface area contributed by atoms with Crippen LogP contribution in [-0.2, 0) is 0 Å². The molecular weight excluding hydrogens is 306 g/mol. The third-order valence-corrected chi connectivity index (χ3v) is 4.06. The standard InChI is InChI=1S/C15H14ClN3OS/c16-8-13(20)10-19-12-3-5-14(6-4-12)21-15-11(9-17)2-1-7-18-15/h1-7,13,19-20H,8,10H2. The van der Waals surface area contributed by atoms with Crippen LogP contribution in [0.5, 0.6) is 0 Å². The van der Waals surface area contributed by atoms with Crippen molar-refractivity contribution < 1.29 is 5.11 Å². The third-order valence-electron chi connectivity index (χ3n) is 2.68. The van der Waals surface area contributed by atoms with Gasteiger partial charge in [-0.2, -0.15) is 5.26 Å². The number of nitrogens with one attached hydrogen (secondary N) is 1. The molecule has 0 aliphatic rings. The van der Waals surface area contributed by atoms with Crippen LogP contribution in [0.2, 0.25) is 0 Å². The van der Waals surface area contributed by atoms with Crippen molar-refractivity contribution in [3.05, 3.63) is 48.2 Å².